The van der Waals surface area contributed by atoms with E-state index in [0.717, 1.165) is 11.4 Å². The molecule has 1 aromatic rings. The molecule has 0 fully saturated rings. The Morgan fingerprint density at radius 1 is 1.45 bits per heavy atom. The van der Waals surface area contributed by atoms with E-state index in [-0.39, 0.29) is 12.0 Å². The lowest BCUT2D eigenvalue weighted by Crippen LogP contribution is -2.10. The molecule has 0 amide bonds. The highest BCUT2D eigenvalue weighted by atomic mass is 15.0. The summed E-state index contributed by atoms with van der Waals surface area (Å²) in [6.07, 6.45) is 0. The number of rotatable bonds is 1. The van der Waals surface area contributed by atoms with Crippen LogP contribution in [0, 0.1) is 6.92 Å². The summed E-state index contributed by atoms with van der Waals surface area (Å²) >= 11 is 0. The van der Waals surface area contributed by atoms with Gasteiger partial charge in [-0.15, -0.1) is 0 Å². The molecular weight excluding hydrogens is 140 g/mol. The molecule has 11 heavy (non-hydrogen) atoms. The average molecular weight is 152 g/mol. The third-order valence-electron chi connectivity index (χ3n) is 1.36. The van der Waals surface area contributed by atoms with Crippen LogP contribution in [0.2, 0.25) is 0 Å². The maximum atomic E-state index is 5.61. The molecule has 4 N–H and O–H groups in total. The van der Waals surface area contributed by atoms with Gasteiger partial charge in [0.05, 0.1) is 5.69 Å². The molecule has 0 aromatic carbocycles. The number of anilines is 1. The summed E-state index contributed by atoms with van der Waals surface area (Å²) in [7, 11) is 0. The van der Waals surface area contributed by atoms with Gasteiger partial charge in [0.1, 0.15) is 0 Å². The molecule has 0 aliphatic carbocycles. The molecule has 1 heterocycles. The second-order valence-corrected chi connectivity index (χ2v) is 2.58. The molecule has 0 bridgehead atoms. The van der Waals surface area contributed by atoms with Crippen molar-refractivity contribution in [2.75, 3.05) is 5.73 Å². The first-order valence-electron chi connectivity index (χ1n) is 3.46. The Labute approximate surface area is 65.6 Å². The van der Waals surface area contributed by atoms with Crippen molar-refractivity contribution in [2.24, 2.45) is 5.73 Å². The standard InChI is InChI=1S/C7H12N4/c1-4-3-6(5(2)8)11-7(9)10-4/h3,5H,8H2,1-2H3,(H2,9,10,11)/t5-/m0/s1. The largest absolute Gasteiger partial charge is 0.368 e. The van der Waals surface area contributed by atoms with Crippen LogP contribution in [-0.4, -0.2) is 9.97 Å². The molecule has 0 aliphatic rings. The summed E-state index contributed by atoms with van der Waals surface area (Å²) in [5.74, 6) is 0.289. The maximum absolute atomic E-state index is 5.61. The molecule has 0 aliphatic heterocycles. The second kappa shape index (κ2) is 2.84. The van der Waals surface area contributed by atoms with Crippen LogP contribution >= 0.6 is 0 Å². The summed E-state index contributed by atoms with van der Waals surface area (Å²) in [6, 6.07) is 1.75. The molecule has 1 atom stereocenters. The van der Waals surface area contributed by atoms with Crippen molar-refractivity contribution in [1.29, 1.82) is 0 Å². The van der Waals surface area contributed by atoms with Gasteiger partial charge in [-0.3, -0.25) is 0 Å². The molecule has 1 rings (SSSR count). The van der Waals surface area contributed by atoms with E-state index in [1.165, 1.54) is 0 Å². The summed E-state index contributed by atoms with van der Waals surface area (Å²) < 4.78 is 0. The second-order valence-electron chi connectivity index (χ2n) is 2.58. The van der Waals surface area contributed by atoms with Crippen molar-refractivity contribution in [2.45, 2.75) is 19.9 Å². The van der Waals surface area contributed by atoms with Crippen molar-refractivity contribution in [3.05, 3.63) is 17.5 Å². The van der Waals surface area contributed by atoms with Crippen molar-refractivity contribution >= 4 is 5.95 Å². The minimum absolute atomic E-state index is 0.0843. The quantitative estimate of drug-likeness (QED) is 0.610. The number of nitrogen functional groups attached to an aromatic ring is 1. The van der Waals surface area contributed by atoms with Crippen LogP contribution in [0.15, 0.2) is 6.07 Å². The fraction of sp³-hybridized carbons (Fsp3) is 0.429. The molecule has 0 unspecified atom stereocenters. The lowest BCUT2D eigenvalue weighted by Gasteiger charge is -2.05. The van der Waals surface area contributed by atoms with Crippen LogP contribution in [0.1, 0.15) is 24.4 Å². The van der Waals surface area contributed by atoms with Gasteiger partial charge in [0.15, 0.2) is 0 Å². The molecule has 0 spiro atoms. The van der Waals surface area contributed by atoms with E-state index in [2.05, 4.69) is 9.97 Å². The third kappa shape index (κ3) is 1.88. The number of hydrogen-bond acceptors (Lipinski definition) is 4. The average Bonchev–Trinajstić information content (AvgIpc) is 1.85. The Hall–Kier alpha value is -1.16. The summed E-state index contributed by atoms with van der Waals surface area (Å²) in [4.78, 5) is 7.90. The van der Waals surface area contributed by atoms with Gasteiger partial charge in [-0.2, -0.15) is 0 Å². The molecule has 0 saturated heterocycles. The fourth-order valence-electron chi connectivity index (χ4n) is 0.850. The minimum Gasteiger partial charge on any atom is -0.368 e. The highest BCUT2D eigenvalue weighted by Crippen LogP contribution is 2.08. The van der Waals surface area contributed by atoms with Crippen LogP contribution in [0.3, 0.4) is 0 Å². The van der Waals surface area contributed by atoms with Gasteiger partial charge >= 0.3 is 0 Å². The van der Waals surface area contributed by atoms with Crippen molar-refractivity contribution in [1.82, 2.24) is 9.97 Å². The van der Waals surface area contributed by atoms with E-state index in [1.807, 2.05) is 19.9 Å². The number of nitrogens with zero attached hydrogens (tertiary/aromatic N) is 2. The lowest BCUT2D eigenvalue weighted by molar-refractivity contribution is 0.774. The highest BCUT2D eigenvalue weighted by molar-refractivity contribution is 5.23. The first-order valence-corrected chi connectivity index (χ1v) is 3.46. The van der Waals surface area contributed by atoms with Gasteiger partial charge < -0.3 is 11.5 Å². The molecule has 1 aromatic heterocycles. The van der Waals surface area contributed by atoms with Gasteiger partial charge in [-0.25, -0.2) is 9.97 Å². The third-order valence-corrected chi connectivity index (χ3v) is 1.36. The van der Waals surface area contributed by atoms with E-state index in [9.17, 15) is 0 Å². The topological polar surface area (TPSA) is 77.8 Å². The minimum atomic E-state index is -0.0843. The van der Waals surface area contributed by atoms with Crippen molar-refractivity contribution in [3.8, 4) is 0 Å². The Balaban J connectivity index is 3.08. The maximum Gasteiger partial charge on any atom is 0.220 e. The number of hydrogen-bond donors (Lipinski definition) is 2. The fourth-order valence-corrected chi connectivity index (χ4v) is 0.850. The van der Waals surface area contributed by atoms with Crippen LogP contribution in [0.5, 0.6) is 0 Å². The lowest BCUT2D eigenvalue weighted by atomic mass is 10.2. The molecule has 4 nitrogen and oxygen atoms in total. The molecule has 0 saturated carbocycles. The summed E-state index contributed by atoms with van der Waals surface area (Å²) in [6.45, 7) is 3.73. The normalized spacial score (nSPS) is 13.0. The van der Waals surface area contributed by atoms with Crippen molar-refractivity contribution in [3.63, 3.8) is 0 Å². The summed E-state index contributed by atoms with van der Waals surface area (Å²) in [5.41, 5.74) is 12.7. The molecule has 4 heteroatoms. The Morgan fingerprint density at radius 2 is 2.09 bits per heavy atom. The number of aryl methyl sites for hydroxylation is 1. The zero-order valence-corrected chi connectivity index (χ0v) is 6.70. The predicted molar refractivity (Wildman–Crippen MR) is 43.8 cm³/mol. The van der Waals surface area contributed by atoms with Gasteiger partial charge in [-0.1, -0.05) is 0 Å². The van der Waals surface area contributed by atoms with Crippen LogP contribution < -0.4 is 11.5 Å². The first kappa shape index (κ1) is 7.94. The van der Waals surface area contributed by atoms with E-state index >= 15 is 0 Å². The zero-order chi connectivity index (χ0) is 8.43. The monoisotopic (exact) mass is 152 g/mol. The van der Waals surface area contributed by atoms with E-state index < -0.39 is 0 Å². The van der Waals surface area contributed by atoms with Gasteiger partial charge in [-0.05, 0) is 19.9 Å². The van der Waals surface area contributed by atoms with Crippen molar-refractivity contribution < 1.29 is 0 Å². The number of nitrogens with two attached hydrogens (primary N) is 2. The molecule has 60 valence electrons. The Morgan fingerprint density at radius 3 is 2.55 bits per heavy atom. The van der Waals surface area contributed by atoms with Gasteiger partial charge in [0, 0.05) is 11.7 Å². The van der Waals surface area contributed by atoms with Gasteiger partial charge in [0.25, 0.3) is 0 Å². The number of aromatic nitrogens is 2. The smallest absolute Gasteiger partial charge is 0.220 e. The highest BCUT2D eigenvalue weighted by Gasteiger charge is 2.02. The van der Waals surface area contributed by atoms with E-state index in [0.29, 0.717) is 0 Å². The van der Waals surface area contributed by atoms with Crippen LogP contribution in [-0.2, 0) is 0 Å². The Kier molecular flexibility index (Phi) is 2.05. The summed E-state index contributed by atoms with van der Waals surface area (Å²) in [5, 5.41) is 0. The zero-order valence-electron chi connectivity index (χ0n) is 6.70. The molecule has 0 radical (unpaired) electrons. The SMILES string of the molecule is Cc1cc([C@H](C)N)nc(N)n1. The van der Waals surface area contributed by atoms with E-state index in [4.69, 9.17) is 11.5 Å². The van der Waals surface area contributed by atoms with Gasteiger partial charge in [0.2, 0.25) is 5.95 Å². The van der Waals surface area contributed by atoms with Crippen LogP contribution in [0.4, 0.5) is 5.95 Å². The first-order chi connectivity index (χ1) is 5.09. The Bertz CT molecular complexity index is 236. The molecular formula is C7H12N4. The predicted octanol–water partition coefficient (Wildman–Crippen LogP) is 0.387. The van der Waals surface area contributed by atoms with Crippen LogP contribution in [0.25, 0.3) is 0 Å². The van der Waals surface area contributed by atoms with E-state index in [1.54, 1.807) is 0 Å².